The molecule has 1 aromatic carbocycles. The van der Waals surface area contributed by atoms with Crippen molar-refractivity contribution in [1.29, 1.82) is 0 Å². The summed E-state index contributed by atoms with van der Waals surface area (Å²) in [4.78, 5) is 25.4. The summed E-state index contributed by atoms with van der Waals surface area (Å²) in [6, 6.07) is 7.18. The third kappa shape index (κ3) is 2.13. The second-order valence-electron chi connectivity index (χ2n) is 4.20. The van der Waals surface area contributed by atoms with Crippen LogP contribution in [0.5, 0.6) is 0 Å². The highest BCUT2D eigenvalue weighted by Gasteiger charge is 2.25. The van der Waals surface area contributed by atoms with E-state index in [1.54, 1.807) is 23.1 Å². The van der Waals surface area contributed by atoms with Gasteiger partial charge < -0.3 is 4.90 Å². The molecule has 0 atom stereocenters. The standard InChI is InChI=1S/C13H15NO2/c1-10-5-4-6-11(9-10)12(15)13(16)14-7-2-3-8-14/h4-6,9H,2-3,7-8H2,1H3. The van der Waals surface area contributed by atoms with Crippen LogP contribution in [0, 0.1) is 6.92 Å². The van der Waals surface area contributed by atoms with E-state index in [0.29, 0.717) is 5.56 Å². The predicted molar refractivity (Wildman–Crippen MR) is 61.3 cm³/mol. The van der Waals surface area contributed by atoms with Crippen molar-refractivity contribution in [1.82, 2.24) is 4.90 Å². The lowest BCUT2D eigenvalue weighted by Gasteiger charge is -2.13. The third-order valence-electron chi connectivity index (χ3n) is 2.87. The molecule has 1 fully saturated rings. The fraction of sp³-hybridized carbons (Fsp3) is 0.385. The number of ketones is 1. The molecule has 0 N–H and O–H groups in total. The van der Waals surface area contributed by atoms with Gasteiger partial charge in [0.25, 0.3) is 5.91 Å². The molecule has 1 amide bonds. The van der Waals surface area contributed by atoms with Gasteiger partial charge in [-0.2, -0.15) is 0 Å². The van der Waals surface area contributed by atoms with Crippen molar-refractivity contribution in [2.24, 2.45) is 0 Å². The quantitative estimate of drug-likeness (QED) is 0.559. The van der Waals surface area contributed by atoms with Crippen LogP contribution in [0.4, 0.5) is 0 Å². The molecule has 2 rings (SSSR count). The lowest BCUT2D eigenvalue weighted by atomic mass is 10.1. The lowest BCUT2D eigenvalue weighted by molar-refractivity contribution is -0.125. The molecule has 3 heteroatoms. The second kappa shape index (κ2) is 4.47. The van der Waals surface area contributed by atoms with Gasteiger partial charge in [-0.25, -0.2) is 0 Å². The Hall–Kier alpha value is -1.64. The van der Waals surface area contributed by atoms with E-state index in [1.807, 2.05) is 13.0 Å². The molecule has 1 aliphatic rings. The van der Waals surface area contributed by atoms with Gasteiger partial charge in [-0.3, -0.25) is 9.59 Å². The Morgan fingerprint density at radius 1 is 1.19 bits per heavy atom. The van der Waals surface area contributed by atoms with E-state index >= 15 is 0 Å². The maximum absolute atomic E-state index is 11.9. The molecule has 0 spiro atoms. The molecule has 0 bridgehead atoms. The number of hydrogen-bond donors (Lipinski definition) is 0. The SMILES string of the molecule is Cc1cccc(C(=O)C(=O)N2CCCC2)c1. The first-order chi connectivity index (χ1) is 7.68. The zero-order valence-corrected chi connectivity index (χ0v) is 9.40. The summed E-state index contributed by atoms with van der Waals surface area (Å²) in [7, 11) is 0. The number of likely N-dealkylation sites (tertiary alicyclic amines) is 1. The van der Waals surface area contributed by atoms with Crippen LogP contribution >= 0.6 is 0 Å². The average molecular weight is 217 g/mol. The van der Waals surface area contributed by atoms with Crippen molar-refractivity contribution >= 4 is 11.7 Å². The molecule has 0 unspecified atom stereocenters. The Kier molecular flexibility index (Phi) is 3.04. The molecule has 0 saturated carbocycles. The fourth-order valence-corrected chi connectivity index (χ4v) is 1.97. The molecule has 1 aromatic rings. The highest BCUT2D eigenvalue weighted by atomic mass is 16.2. The predicted octanol–water partition coefficient (Wildman–Crippen LogP) is 1.80. The first-order valence-corrected chi connectivity index (χ1v) is 5.59. The summed E-state index contributed by atoms with van der Waals surface area (Å²) in [6.45, 7) is 3.35. The fourth-order valence-electron chi connectivity index (χ4n) is 1.97. The molecular weight excluding hydrogens is 202 g/mol. The monoisotopic (exact) mass is 217 g/mol. The van der Waals surface area contributed by atoms with Gasteiger partial charge in [0.2, 0.25) is 5.78 Å². The van der Waals surface area contributed by atoms with Crippen molar-refractivity contribution in [3.05, 3.63) is 35.4 Å². The molecule has 16 heavy (non-hydrogen) atoms. The summed E-state index contributed by atoms with van der Waals surface area (Å²) < 4.78 is 0. The largest absolute Gasteiger partial charge is 0.336 e. The highest BCUT2D eigenvalue weighted by molar-refractivity contribution is 6.42. The van der Waals surface area contributed by atoms with E-state index in [-0.39, 0.29) is 11.7 Å². The first kappa shape index (κ1) is 10.9. The minimum atomic E-state index is -0.384. The Balaban J connectivity index is 2.15. The summed E-state index contributed by atoms with van der Waals surface area (Å²) >= 11 is 0. The van der Waals surface area contributed by atoms with Gasteiger partial charge in [0.15, 0.2) is 0 Å². The van der Waals surface area contributed by atoms with Crippen LogP contribution in [-0.4, -0.2) is 29.7 Å². The van der Waals surface area contributed by atoms with E-state index in [4.69, 9.17) is 0 Å². The average Bonchev–Trinajstić information content (AvgIpc) is 2.80. The zero-order valence-electron chi connectivity index (χ0n) is 9.40. The lowest BCUT2D eigenvalue weighted by Crippen LogP contribution is -2.34. The third-order valence-corrected chi connectivity index (χ3v) is 2.87. The minimum Gasteiger partial charge on any atom is -0.336 e. The molecule has 1 aliphatic heterocycles. The van der Waals surface area contributed by atoms with Crippen LogP contribution < -0.4 is 0 Å². The number of Topliss-reactive ketones (excluding diaryl/α,β-unsaturated/α-hetero) is 1. The first-order valence-electron chi connectivity index (χ1n) is 5.59. The van der Waals surface area contributed by atoms with Crippen LogP contribution in [-0.2, 0) is 4.79 Å². The Labute approximate surface area is 95.1 Å². The number of nitrogens with zero attached hydrogens (tertiary/aromatic N) is 1. The van der Waals surface area contributed by atoms with Crippen molar-refractivity contribution < 1.29 is 9.59 Å². The number of hydrogen-bond acceptors (Lipinski definition) is 2. The molecule has 1 heterocycles. The van der Waals surface area contributed by atoms with E-state index in [2.05, 4.69) is 0 Å². The molecule has 0 radical (unpaired) electrons. The molecule has 84 valence electrons. The van der Waals surface area contributed by atoms with Crippen LogP contribution in [0.1, 0.15) is 28.8 Å². The van der Waals surface area contributed by atoms with E-state index in [9.17, 15) is 9.59 Å². The number of carbonyl (C=O) groups is 2. The topological polar surface area (TPSA) is 37.4 Å². The number of benzene rings is 1. The Morgan fingerprint density at radius 3 is 2.50 bits per heavy atom. The van der Waals surface area contributed by atoms with E-state index < -0.39 is 0 Å². The van der Waals surface area contributed by atoms with E-state index in [0.717, 1.165) is 31.5 Å². The normalized spacial score (nSPS) is 15.2. The van der Waals surface area contributed by atoms with Crippen molar-refractivity contribution in [3.63, 3.8) is 0 Å². The minimum absolute atomic E-state index is 0.358. The molecule has 1 saturated heterocycles. The maximum atomic E-state index is 11.9. The summed E-state index contributed by atoms with van der Waals surface area (Å²) in [5.41, 5.74) is 1.50. The molecule has 3 nitrogen and oxygen atoms in total. The van der Waals surface area contributed by atoms with Crippen molar-refractivity contribution in [2.75, 3.05) is 13.1 Å². The Morgan fingerprint density at radius 2 is 1.88 bits per heavy atom. The van der Waals surface area contributed by atoms with Gasteiger partial charge in [-0.1, -0.05) is 23.8 Å². The number of aryl methyl sites for hydroxylation is 1. The van der Waals surface area contributed by atoms with Crippen molar-refractivity contribution in [2.45, 2.75) is 19.8 Å². The Bertz CT molecular complexity index is 420. The van der Waals surface area contributed by atoms with Gasteiger partial charge >= 0.3 is 0 Å². The van der Waals surface area contributed by atoms with Crippen LogP contribution in [0.2, 0.25) is 0 Å². The van der Waals surface area contributed by atoms with Gasteiger partial charge in [0, 0.05) is 18.7 Å². The van der Waals surface area contributed by atoms with Crippen LogP contribution in [0.15, 0.2) is 24.3 Å². The van der Waals surface area contributed by atoms with Crippen LogP contribution in [0.25, 0.3) is 0 Å². The van der Waals surface area contributed by atoms with Gasteiger partial charge in [-0.15, -0.1) is 0 Å². The van der Waals surface area contributed by atoms with Gasteiger partial charge in [0.1, 0.15) is 0 Å². The van der Waals surface area contributed by atoms with Crippen molar-refractivity contribution in [3.8, 4) is 0 Å². The number of rotatable bonds is 2. The summed E-state index contributed by atoms with van der Waals surface area (Å²) in [5, 5.41) is 0. The zero-order chi connectivity index (χ0) is 11.5. The maximum Gasteiger partial charge on any atom is 0.294 e. The number of carbonyl (C=O) groups excluding carboxylic acids is 2. The highest BCUT2D eigenvalue weighted by Crippen LogP contribution is 2.11. The van der Waals surface area contributed by atoms with Gasteiger partial charge in [-0.05, 0) is 25.8 Å². The van der Waals surface area contributed by atoms with E-state index in [1.165, 1.54) is 0 Å². The van der Waals surface area contributed by atoms with Gasteiger partial charge in [0.05, 0.1) is 0 Å². The number of amides is 1. The smallest absolute Gasteiger partial charge is 0.294 e. The molecular formula is C13H15NO2. The van der Waals surface area contributed by atoms with Crippen LogP contribution in [0.3, 0.4) is 0 Å². The second-order valence-corrected chi connectivity index (χ2v) is 4.20. The summed E-state index contributed by atoms with van der Waals surface area (Å²) in [6.07, 6.45) is 2.01. The molecule has 0 aromatic heterocycles. The summed E-state index contributed by atoms with van der Waals surface area (Å²) in [5.74, 6) is -0.742. The molecule has 0 aliphatic carbocycles.